The molecule has 0 radical (unpaired) electrons. The summed E-state index contributed by atoms with van der Waals surface area (Å²) in [5.74, 6) is 0.745. The zero-order valence-electron chi connectivity index (χ0n) is 15.1. The van der Waals surface area contributed by atoms with Crippen LogP contribution in [-0.2, 0) is 11.8 Å². The number of benzene rings is 1. The Balaban J connectivity index is 1.74. The fraction of sp³-hybridized carbons (Fsp3) is 0.211. The van der Waals surface area contributed by atoms with Gasteiger partial charge in [0.05, 0.1) is 22.8 Å². The number of likely N-dealkylation sites (N-methyl/N-ethyl adjacent to an activating group) is 1. The Hall–Kier alpha value is -1.96. The topological polar surface area (TPSA) is 39.8 Å². The normalized spacial score (nSPS) is 20.7. The number of anilines is 1. The van der Waals surface area contributed by atoms with Crippen molar-refractivity contribution in [1.82, 2.24) is 4.90 Å². The first-order valence-corrected chi connectivity index (χ1v) is 10.5. The van der Waals surface area contributed by atoms with E-state index in [2.05, 4.69) is 17.0 Å². The minimum atomic E-state index is 0.0000210. The molecule has 3 heterocycles. The quantitative estimate of drug-likeness (QED) is 0.543. The average molecular weight is 418 g/mol. The number of thioether (sulfide) groups is 2. The Morgan fingerprint density at radius 3 is 2.67 bits per heavy atom. The zero-order chi connectivity index (χ0) is 19.1. The third-order valence-electron chi connectivity index (χ3n) is 4.39. The van der Waals surface area contributed by atoms with Crippen molar-refractivity contribution < 1.29 is 9.36 Å². The van der Waals surface area contributed by atoms with Gasteiger partial charge in [0.15, 0.2) is 0 Å². The molecule has 1 fully saturated rings. The molecule has 0 N–H and O–H groups in total. The summed E-state index contributed by atoms with van der Waals surface area (Å²) >= 11 is 9.09. The second-order valence-corrected chi connectivity index (χ2v) is 8.57. The molecule has 0 aliphatic carbocycles. The Kier molecular flexibility index (Phi) is 4.92. The number of amidine groups is 1. The maximum atomic E-state index is 13.1. The summed E-state index contributed by atoms with van der Waals surface area (Å²) in [6.07, 6.45) is 1.80. The van der Waals surface area contributed by atoms with Crippen molar-refractivity contribution >= 4 is 57.7 Å². The number of carbonyl (C=O) groups is 1. The highest BCUT2D eigenvalue weighted by molar-refractivity contribution is 8.19. The number of hydrogen-bond donors (Lipinski definition) is 0. The van der Waals surface area contributed by atoms with E-state index in [0.29, 0.717) is 16.7 Å². The second-order valence-electron chi connectivity index (χ2n) is 6.13. The van der Waals surface area contributed by atoms with Crippen molar-refractivity contribution in [3.63, 3.8) is 0 Å². The highest BCUT2D eigenvalue weighted by Crippen LogP contribution is 2.49. The van der Waals surface area contributed by atoms with Crippen molar-refractivity contribution in [2.75, 3.05) is 18.5 Å². The van der Waals surface area contributed by atoms with E-state index in [4.69, 9.17) is 16.6 Å². The molecule has 2 aliphatic heterocycles. The molecule has 2 aliphatic rings. The van der Waals surface area contributed by atoms with Crippen LogP contribution in [0.15, 0.2) is 62.4 Å². The third kappa shape index (κ3) is 3.24. The molecule has 27 heavy (non-hydrogen) atoms. The number of amides is 1. The second kappa shape index (κ2) is 7.22. The highest BCUT2D eigenvalue weighted by Gasteiger charge is 2.41. The van der Waals surface area contributed by atoms with Crippen LogP contribution in [0, 0.1) is 0 Å². The molecule has 2 aromatic rings. The highest BCUT2D eigenvalue weighted by atomic mass is 35.5. The summed E-state index contributed by atoms with van der Waals surface area (Å²) in [6.45, 7) is 2.53. The molecule has 5 nitrogen and oxygen atoms in total. The Bertz CT molecular complexity index is 1000. The number of rotatable bonds is 2. The van der Waals surface area contributed by atoms with E-state index in [0.717, 1.165) is 26.3 Å². The van der Waals surface area contributed by atoms with Crippen molar-refractivity contribution in [2.45, 2.75) is 11.8 Å². The van der Waals surface area contributed by atoms with Gasteiger partial charge in [-0.15, -0.1) is 0 Å². The fourth-order valence-electron chi connectivity index (χ4n) is 2.98. The van der Waals surface area contributed by atoms with Crippen molar-refractivity contribution in [1.29, 1.82) is 0 Å². The van der Waals surface area contributed by atoms with Gasteiger partial charge in [0.25, 0.3) is 11.1 Å². The lowest BCUT2D eigenvalue weighted by atomic mass is 10.3. The van der Waals surface area contributed by atoms with Gasteiger partial charge in [-0.2, -0.15) is 0 Å². The van der Waals surface area contributed by atoms with Crippen LogP contribution in [-0.4, -0.2) is 29.6 Å². The van der Waals surface area contributed by atoms with Gasteiger partial charge in [-0.25, -0.2) is 4.57 Å². The van der Waals surface area contributed by atoms with Crippen LogP contribution in [0.25, 0.3) is 0 Å². The molecule has 0 bridgehead atoms. The van der Waals surface area contributed by atoms with Crippen LogP contribution in [0.5, 0.6) is 0 Å². The number of hydrogen-bond acceptors (Lipinski definition) is 5. The summed E-state index contributed by atoms with van der Waals surface area (Å²) in [6, 6.07) is 11.8. The minimum Gasteiger partial charge on any atom is -0.337 e. The van der Waals surface area contributed by atoms with Gasteiger partial charge in [-0.05, 0) is 41.9 Å². The van der Waals surface area contributed by atoms with Crippen LogP contribution < -0.4 is 9.47 Å². The number of halogens is 1. The largest absolute Gasteiger partial charge is 0.337 e. The lowest BCUT2D eigenvalue weighted by Gasteiger charge is -2.14. The lowest BCUT2D eigenvalue weighted by Crippen LogP contribution is -2.31. The van der Waals surface area contributed by atoms with Gasteiger partial charge in [0, 0.05) is 24.6 Å². The van der Waals surface area contributed by atoms with Crippen LogP contribution >= 0.6 is 35.1 Å². The summed E-state index contributed by atoms with van der Waals surface area (Å²) in [7, 11) is 3.89. The van der Waals surface area contributed by atoms with Crippen molar-refractivity contribution in [2.24, 2.45) is 12.0 Å². The van der Waals surface area contributed by atoms with Crippen molar-refractivity contribution in [3.8, 4) is 0 Å². The molecule has 1 amide bonds. The molecule has 0 atom stereocenters. The number of aromatic nitrogens is 1. The van der Waals surface area contributed by atoms with E-state index in [1.54, 1.807) is 28.9 Å². The van der Waals surface area contributed by atoms with Gasteiger partial charge in [0.2, 0.25) is 0 Å². The SMILES string of the molecule is CCN1C(=O)/C(=C2\Sc3ccccc3N2C)SC1=Nc1ccc(Cl)c[n+]1C. The number of carbonyl (C=O) groups excluding carboxylic acids is 1. The van der Waals surface area contributed by atoms with E-state index >= 15 is 0 Å². The van der Waals surface area contributed by atoms with Crippen molar-refractivity contribution in [3.05, 3.63) is 57.6 Å². The Morgan fingerprint density at radius 1 is 1.19 bits per heavy atom. The van der Waals surface area contributed by atoms with Gasteiger partial charge in [-0.3, -0.25) is 9.69 Å². The number of aliphatic imine (C=N–C) groups is 1. The Labute approximate surface area is 171 Å². The van der Waals surface area contributed by atoms with E-state index in [-0.39, 0.29) is 5.91 Å². The number of aryl methyl sites for hydroxylation is 1. The molecule has 0 unspecified atom stereocenters. The summed E-state index contributed by atoms with van der Waals surface area (Å²) < 4.78 is 1.85. The molecule has 8 heteroatoms. The van der Waals surface area contributed by atoms with Gasteiger partial charge < -0.3 is 4.90 Å². The minimum absolute atomic E-state index is 0.0000210. The fourth-order valence-corrected chi connectivity index (χ4v) is 5.58. The first kappa shape index (κ1) is 18.4. The van der Waals surface area contributed by atoms with Crippen LogP contribution in [0.3, 0.4) is 0 Å². The van der Waals surface area contributed by atoms with Crippen LogP contribution in [0.2, 0.25) is 5.02 Å². The Morgan fingerprint density at radius 2 is 1.96 bits per heavy atom. The first-order valence-electron chi connectivity index (χ1n) is 8.48. The standard InChI is InChI=1S/C19H18ClN4OS2/c1-4-24-17(25)16(18-23(3)13-7-5-6-8-14(13)26-18)27-19(24)21-15-10-9-12(20)11-22(15)2/h5-11H,4H2,1-3H3/q+1/b18-16+. The molecule has 0 saturated carbocycles. The molecular formula is C19H18ClN4OS2+. The van der Waals surface area contributed by atoms with Gasteiger partial charge in [0.1, 0.15) is 11.1 Å². The van der Waals surface area contributed by atoms with E-state index < -0.39 is 0 Å². The number of para-hydroxylation sites is 1. The summed E-state index contributed by atoms with van der Waals surface area (Å²) in [4.78, 5) is 23.5. The van der Waals surface area contributed by atoms with E-state index in [9.17, 15) is 4.79 Å². The molecule has 1 aromatic carbocycles. The summed E-state index contributed by atoms with van der Waals surface area (Å²) in [5.41, 5.74) is 1.12. The number of pyridine rings is 1. The monoisotopic (exact) mass is 417 g/mol. The lowest BCUT2D eigenvalue weighted by molar-refractivity contribution is -0.658. The number of fused-ring (bicyclic) bond motifs is 1. The smallest absolute Gasteiger partial charge is 0.326 e. The van der Waals surface area contributed by atoms with Crippen LogP contribution in [0.1, 0.15) is 6.92 Å². The molecule has 4 rings (SSSR count). The average Bonchev–Trinajstić information content (AvgIpc) is 3.14. The maximum Gasteiger partial charge on any atom is 0.326 e. The molecule has 1 saturated heterocycles. The third-order valence-corrected chi connectivity index (χ3v) is 7.05. The number of nitrogens with zero attached hydrogens (tertiary/aromatic N) is 4. The van der Waals surface area contributed by atoms with E-state index in [1.165, 1.54) is 11.8 Å². The predicted molar refractivity (Wildman–Crippen MR) is 112 cm³/mol. The van der Waals surface area contributed by atoms with Crippen LogP contribution in [0.4, 0.5) is 11.5 Å². The summed E-state index contributed by atoms with van der Waals surface area (Å²) in [5, 5.41) is 2.29. The van der Waals surface area contributed by atoms with E-state index in [1.807, 2.05) is 43.8 Å². The zero-order valence-corrected chi connectivity index (χ0v) is 17.5. The molecule has 138 valence electrons. The van der Waals surface area contributed by atoms with Gasteiger partial charge in [-0.1, -0.05) is 35.5 Å². The first-order chi connectivity index (χ1) is 13.0. The predicted octanol–water partition coefficient (Wildman–Crippen LogP) is 4.16. The van der Waals surface area contributed by atoms with Gasteiger partial charge >= 0.3 is 5.82 Å². The molecule has 1 aromatic heterocycles. The molecular weight excluding hydrogens is 400 g/mol. The maximum absolute atomic E-state index is 13.1. The molecule has 0 spiro atoms.